The first-order valence-corrected chi connectivity index (χ1v) is 11.6. The van der Waals surface area contributed by atoms with E-state index in [1.165, 1.54) is 0 Å². The minimum atomic E-state index is -4.69. The third kappa shape index (κ3) is 7.57. The Morgan fingerprint density at radius 3 is 1.49 bits per heavy atom. The van der Waals surface area contributed by atoms with E-state index in [1.807, 2.05) is 20.8 Å². The molecular formula is C24H37F3O8. The van der Waals surface area contributed by atoms with Gasteiger partial charge in [0.05, 0.1) is 10.8 Å². The van der Waals surface area contributed by atoms with Gasteiger partial charge in [-0.05, 0) is 61.3 Å². The maximum atomic E-state index is 12.7. The molecule has 0 aromatic heterocycles. The summed E-state index contributed by atoms with van der Waals surface area (Å²) in [6, 6.07) is 0. The number of alkyl halides is 3. The summed E-state index contributed by atoms with van der Waals surface area (Å²) in [7, 11) is 0. The molecule has 0 bridgehead atoms. The molecule has 11 heteroatoms. The topological polar surface area (TPSA) is 105 Å². The molecule has 0 saturated carbocycles. The molecule has 2 aliphatic heterocycles. The molecule has 202 valence electrons. The zero-order chi connectivity index (χ0) is 27.6. The number of hydrogen-bond donors (Lipinski definition) is 0. The standard InChI is InChI=1S/C12H17F3O4.C12H20O4/c1-5-10(2,3)9(17)18-7-6-11(4,12(13,14)15)19-8(7)16;1-6-11(2,3)10(14)15-8-7-12(4,5)16-9(8)13/h7H,5-6H2,1-4H3;8H,6-7H2,1-5H3. The highest BCUT2D eigenvalue weighted by Crippen LogP contribution is 2.42. The Bertz CT molecular complexity index is 831. The number of carbonyl (C=O) groups excluding carboxylic acids is 4. The second-order valence-corrected chi connectivity index (χ2v) is 11.0. The first-order valence-electron chi connectivity index (χ1n) is 11.6. The lowest BCUT2D eigenvalue weighted by Crippen LogP contribution is -2.42. The Kier molecular flexibility index (Phi) is 9.07. The van der Waals surface area contributed by atoms with Gasteiger partial charge >= 0.3 is 30.1 Å². The van der Waals surface area contributed by atoms with E-state index in [9.17, 15) is 32.3 Å². The van der Waals surface area contributed by atoms with Crippen molar-refractivity contribution in [2.75, 3.05) is 0 Å². The van der Waals surface area contributed by atoms with E-state index in [-0.39, 0.29) is 5.97 Å². The van der Waals surface area contributed by atoms with Crippen LogP contribution in [0.5, 0.6) is 0 Å². The van der Waals surface area contributed by atoms with Gasteiger partial charge in [0.1, 0.15) is 5.60 Å². The van der Waals surface area contributed by atoms with Crippen LogP contribution in [0, 0.1) is 10.8 Å². The molecule has 3 atom stereocenters. The molecule has 0 N–H and O–H groups in total. The third-order valence-corrected chi connectivity index (χ3v) is 6.45. The first-order chi connectivity index (χ1) is 15.6. The fourth-order valence-corrected chi connectivity index (χ4v) is 2.90. The van der Waals surface area contributed by atoms with Gasteiger partial charge in [0, 0.05) is 12.8 Å². The smallest absolute Gasteiger partial charge is 0.428 e. The fourth-order valence-electron chi connectivity index (χ4n) is 2.90. The Labute approximate surface area is 204 Å². The molecule has 35 heavy (non-hydrogen) atoms. The summed E-state index contributed by atoms with van der Waals surface area (Å²) in [5.41, 5.74) is -4.52. The second kappa shape index (κ2) is 10.3. The first kappa shape index (κ1) is 30.7. The van der Waals surface area contributed by atoms with Gasteiger partial charge in [0.15, 0.2) is 0 Å². The van der Waals surface area contributed by atoms with E-state index in [1.54, 1.807) is 34.6 Å². The van der Waals surface area contributed by atoms with E-state index < -0.39 is 64.7 Å². The summed E-state index contributed by atoms with van der Waals surface area (Å²) in [4.78, 5) is 46.4. The van der Waals surface area contributed by atoms with Crippen molar-refractivity contribution < 1.29 is 51.3 Å². The predicted molar refractivity (Wildman–Crippen MR) is 118 cm³/mol. The lowest BCUT2D eigenvalue weighted by Gasteiger charge is -2.25. The maximum Gasteiger partial charge on any atom is 0.428 e. The Hall–Kier alpha value is -2.33. The van der Waals surface area contributed by atoms with Crippen molar-refractivity contribution in [3.8, 4) is 0 Å². The molecule has 0 spiro atoms. The molecule has 0 aromatic carbocycles. The number of hydrogen-bond acceptors (Lipinski definition) is 8. The summed E-state index contributed by atoms with van der Waals surface area (Å²) in [6.07, 6.45) is -6.08. The van der Waals surface area contributed by atoms with Crippen LogP contribution >= 0.6 is 0 Å². The normalized spacial score (nSPS) is 26.3. The van der Waals surface area contributed by atoms with Crippen LogP contribution in [0.2, 0.25) is 0 Å². The van der Waals surface area contributed by atoms with Crippen molar-refractivity contribution in [3.05, 3.63) is 0 Å². The van der Waals surface area contributed by atoms with E-state index in [0.717, 1.165) is 6.92 Å². The Morgan fingerprint density at radius 1 is 0.829 bits per heavy atom. The number of rotatable bonds is 6. The van der Waals surface area contributed by atoms with Gasteiger partial charge in [-0.1, -0.05) is 13.8 Å². The molecule has 2 aliphatic rings. The quantitative estimate of drug-likeness (QED) is 0.375. The average Bonchev–Trinajstić information content (AvgIpc) is 3.15. The van der Waals surface area contributed by atoms with Crippen LogP contribution in [0.3, 0.4) is 0 Å². The summed E-state index contributed by atoms with van der Waals surface area (Å²) in [6.45, 7) is 14.8. The maximum absolute atomic E-state index is 12.7. The molecule has 2 rings (SSSR count). The highest BCUT2D eigenvalue weighted by Gasteiger charge is 2.62. The molecule has 2 fully saturated rings. The van der Waals surface area contributed by atoms with Gasteiger partial charge in [0.25, 0.3) is 0 Å². The van der Waals surface area contributed by atoms with Crippen molar-refractivity contribution in [3.63, 3.8) is 0 Å². The Morgan fingerprint density at radius 2 is 1.20 bits per heavy atom. The monoisotopic (exact) mass is 510 g/mol. The van der Waals surface area contributed by atoms with Gasteiger partial charge < -0.3 is 18.9 Å². The fraction of sp³-hybridized carbons (Fsp3) is 0.833. The van der Waals surface area contributed by atoms with Crippen LogP contribution in [0.1, 0.15) is 88.0 Å². The molecule has 3 unspecified atom stereocenters. The molecule has 0 aliphatic carbocycles. The molecule has 0 radical (unpaired) electrons. The molecule has 0 amide bonds. The Balaban J connectivity index is 0.000000355. The van der Waals surface area contributed by atoms with E-state index in [4.69, 9.17) is 14.2 Å². The summed E-state index contributed by atoms with van der Waals surface area (Å²) in [5, 5.41) is 0. The van der Waals surface area contributed by atoms with Crippen molar-refractivity contribution in [1.82, 2.24) is 0 Å². The number of esters is 4. The van der Waals surface area contributed by atoms with E-state index in [2.05, 4.69) is 4.74 Å². The van der Waals surface area contributed by atoms with Crippen molar-refractivity contribution in [2.45, 2.75) is 118 Å². The highest BCUT2D eigenvalue weighted by atomic mass is 19.4. The summed E-state index contributed by atoms with van der Waals surface area (Å²) in [5.74, 6) is -2.64. The lowest BCUT2D eigenvalue weighted by molar-refractivity contribution is -0.251. The molecule has 2 heterocycles. The van der Waals surface area contributed by atoms with Gasteiger partial charge in [0.2, 0.25) is 17.8 Å². The average molecular weight is 511 g/mol. The largest absolute Gasteiger partial charge is 0.457 e. The summed E-state index contributed by atoms with van der Waals surface area (Å²) < 4.78 is 57.6. The van der Waals surface area contributed by atoms with Crippen LogP contribution in [0.4, 0.5) is 13.2 Å². The van der Waals surface area contributed by atoms with Crippen molar-refractivity contribution >= 4 is 23.9 Å². The minimum Gasteiger partial charge on any atom is -0.457 e. The number of cyclic esters (lactones) is 2. The molecular weight excluding hydrogens is 473 g/mol. The van der Waals surface area contributed by atoms with Gasteiger partial charge in [-0.15, -0.1) is 0 Å². The molecule has 8 nitrogen and oxygen atoms in total. The van der Waals surface area contributed by atoms with Crippen molar-refractivity contribution in [2.24, 2.45) is 10.8 Å². The van der Waals surface area contributed by atoms with E-state index >= 15 is 0 Å². The van der Waals surface area contributed by atoms with Gasteiger partial charge in [-0.2, -0.15) is 13.2 Å². The molecule has 0 aromatic rings. The van der Waals surface area contributed by atoms with Gasteiger partial charge in [-0.25, -0.2) is 9.59 Å². The minimum absolute atomic E-state index is 0.338. The van der Waals surface area contributed by atoms with E-state index in [0.29, 0.717) is 19.3 Å². The van der Waals surface area contributed by atoms with Gasteiger partial charge in [-0.3, -0.25) is 9.59 Å². The van der Waals surface area contributed by atoms with Crippen LogP contribution in [0.15, 0.2) is 0 Å². The SMILES string of the molecule is CCC(C)(C)C(=O)OC1CC(C)(C(F)(F)F)OC1=O.CCC(C)(C)C(=O)OC1CC(C)(C)OC1=O. The predicted octanol–water partition coefficient (Wildman–Crippen LogP) is 4.66. The van der Waals surface area contributed by atoms with Crippen LogP contribution in [-0.2, 0) is 38.1 Å². The number of carbonyl (C=O) groups is 4. The summed E-state index contributed by atoms with van der Waals surface area (Å²) >= 11 is 0. The second-order valence-electron chi connectivity index (χ2n) is 11.0. The van der Waals surface area contributed by atoms with Crippen LogP contribution in [-0.4, -0.2) is 53.5 Å². The van der Waals surface area contributed by atoms with Crippen LogP contribution in [0.25, 0.3) is 0 Å². The lowest BCUT2D eigenvalue weighted by atomic mass is 9.90. The zero-order valence-corrected chi connectivity index (χ0v) is 21.9. The van der Waals surface area contributed by atoms with Crippen molar-refractivity contribution in [1.29, 1.82) is 0 Å². The zero-order valence-electron chi connectivity index (χ0n) is 21.9. The third-order valence-electron chi connectivity index (χ3n) is 6.45. The van der Waals surface area contributed by atoms with Crippen LogP contribution < -0.4 is 0 Å². The molecule has 2 saturated heterocycles. The number of ether oxygens (including phenoxy) is 4. The highest BCUT2D eigenvalue weighted by molar-refractivity contribution is 5.84. The number of halogens is 3.